The maximum atomic E-state index is 3.62. The third-order valence-electron chi connectivity index (χ3n) is 3.54. The average molecular weight is 224 g/mol. The molecule has 1 aliphatic heterocycles. The molecule has 1 rings (SSSR count). The van der Waals surface area contributed by atoms with E-state index in [4.69, 9.17) is 0 Å². The van der Waals surface area contributed by atoms with Crippen LogP contribution in [0.2, 0.25) is 0 Å². The van der Waals surface area contributed by atoms with Gasteiger partial charge in [-0.1, -0.05) is 6.42 Å². The molecule has 1 heterocycles. The summed E-state index contributed by atoms with van der Waals surface area (Å²) in [7, 11) is 0. The summed E-state index contributed by atoms with van der Waals surface area (Å²) in [6.45, 7) is 17.2. The Morgan fingerprint density at radius 2 is 1.44 bits per heavy atom. The van der Waals surface area contributed by atoms with E-state index < -0.39 is 0 Å². The van der Waals surface area contributed by atoms with Crippen molar-refractivity contribution >= 4 is 0 Å². The van der Waals surface area contributed by atoms with Gasteiger partial charge in [0.25, 0.3) is 0 Å². The summed E-state index contributed by atoms with van der Waals surface area (Å²) in [5.41, 5.74) is 0. The zero-order valence-electron chi connectivity index (χ0n) is 11.8. The average Bonchev–Trinajstić information content (AvgIpc) is 2.15. The van der Waals surface area contributed by atoms with Gasteiger partial charge in [-0.05, 0) is 54.4 Å². The molecule has 1 saturated heterocycles. The Labute approximate surface area is 102 Å². The van der Waals surface area contributed by atoms with E-state index in [0.717, 1.165) is 0 Å². The maximum Gasteiger partial charge on any atom is 0.147 e. The van der Waals surface area contributed by atoms with Gasteiger partial charge in [0.05, 0.1) is 0 Å². The monoisotopic (exact) mass is 224 g/mol. The van der Waals surface area contributed by atoms with Crippen LogP contribution in [0, 0.1) is 6.67 Å². The molecule has 16 heavy (non-hydrogen) atoms. The van der Waals surface area contributed by atoms with Gasteiger partial charge >= 0.3 is 0 Å². The first-order valence-corrected chi connectivity index (χ1v) is 6.76. The summed E-state index contributed by atoms with van der Waals surface area (Å²) >= 11 is 0. The first kappa shape index (κ1) is 14.0. The number of likely N-dealkylation sites (tertiary alicyclic amines) is 1. The number of rotatable bonds is 4. The molecule has 0 aliphatic carbocycles. The van der Waals surface area contributed by atoms with Crippen LogP contribution in [-0.4, -0.2) is 34.0 Å². The highest BCUT2D eigenvalue weighted by Crippen LogP contribution is 2.25. The normalized spacial score (nSPS) is 28.3. The molecule has 1 fully saturated rings. The summed E-state index contributed by atoms with van der Waals surface area (Å²) in [4.78, 5) is 4.78. The second-order valence-electron chi connectivity index (χ2n) is 5.73. The van der Waals surface area contributed by atoms with Crippen molar-refractivity contribution in [3.8, 4) is 0 Å². The first-order valence-electron chi connectivity index (χ1n) is 6.76. The van der Waals surface area contributed by atoms with Gasteiger partial charge in [0.15, 0.2) is 0 Å². The minimum absolute atomic E-state index is 0.529. The van der Waals surface area contributed by atoms with E-state index in [1.54, 1.807) is 0 Å². The Hall–Kier alpha value is -0.0800. The number of hydrogen-bond donors (Lipinski definition) is 0. The molecule has 0 aromatic carbocycles. The smallest absolute Gasteiger partial charge is 0.147 e. The van der Waals surface area contributed by atoms with Crippen molar-refractivity contribution in [1.29, 1.82) is 0 Å². The van der Waals surface area contributed by atoms with Gasteiger partial charge in [-0.25, -0.2) is 0 Å². The minimum atomic E-state index is 0.529. The molecular weight excluding hydrogens is 196 g/mol. The van der Waals surface area contributed by atoms with Gasteiger partial charge in [0, 0.05) is 24.2 Å². The van der Waals surface area contributed by atoms with Crippen LogP contribution in [0.3, 0.4) is 0 Å². The van der Waals surface area contributed by atoms with Crippen LogP contribution in [0.15, 0.2) is 0 Å². The molecule has 2 unspecified atom stereocenters. The molecule has 2 heteroatoms. The van der Waals surface area contributed by atoms with Gasteiger partial charge in [-0.3, -0.25) is 9.80 Å². The Bertz CT molecular complexity index is 183. The minimum Gasteiger partial charge on any atom is -0.275 e. The maximum absolute atomic E-state index is 3.62. The number of piperidine rings is 1. The van der Waals surface area contributed by atoms with Crippen LogP contribution >= 0.6 is 0 Å². The number of hydrogen-bond acceptors (Lipinski definition) is 2. The molecular formula is C14H28N2. The Balaban J connectivity index is 2.61. The van der Waals surface area contributed by atoms with E-state index in [-0.39, 0.29) is 0 Å². The van der Waals surface area contributed by atoms with E-state index in [9.17, 15) is 0 Å². The summed E-state index contributed by atoms with van der Waals surface area (Å²) in [5, 5.41) is 0. The lowest BCUT2D eigenvalue weighted by Crippen LogP contribution is -2.49. The second-order valence-corrected chi connectivity index (χ2v) is 5.73. The van der Waals surface area contributed by atoms with Crippen molar-refractivity contribution in [2.75, 3.05) is 0 Å². The van der Waals surface area contributed by atoms with Crippen LogP contribution in [0.4, 0.5) is 0 Å². The largest absolute Gasteiger partial charge is 0.275 e. The van der Waals surface area contributed by atoms with Crippen LogP contribution in [0.1, 0.15) is 60.8 Å². The van der Waals surface area contributed by atoms with Gasteiger partial charge < -0.3 is 0 Å². The van der Waals surface area contributed by atoms with E-state index in [2.05, 4.69) is 58.0 Å². The molecule has 0 spiro atoms. The van der Waals surface area contributed by atoms with Crippen molar-refractivity contribution in [2.45, 2.75) is 85.0 Å². The SMILES string of the molecule is CC(C)N([C]N1C(C)CCCC1C)C(C)C. The van der Waals surface area contributed by atoms with Gasteiger partial charge in [-0.15, -0.1) is 0 Å². The lowest BCUT2D eigenvalue weighted by Gasteiger charge is -2.42. The third kappa shape index (κ3) is 3.46. The topological polar surface area (TPSA) is 6.48 Å². The molecule has 0 aromatic heterocycles. The predicted molar refractivity (Wildman–Crippen MR) is 70.0 cm³/mol. The molecule has 0 bridgehead atoms. The van der Waals surface area contributed by atoms with Crippen molar-refractivity contribution in [2.24, 2.45) is 0 Å². The van der Waals surface area contributed by atoms with Crippen LogP contribution in [-0.2, 0) is 0 Å². The van der Waals surface area contributed by atoms with Crippen molar-refractivity contribution in [3.63, 3.8) is 0 Å². The first-order chi connectivity index (χ1) is 7.43. The van der Waals surface area contributed by atoms with Crippen molar-refractivity contribution in [1.82, 2.24) is 9.80 Å². The Morgan fingerprint density at radius 1 is 1.00 bits per heavy atom. The van der Waals surface area contributed by atoms with E-state index in [0.29, 0.717) is 24.2 Å². The predicted octanol–water partition coefficient (Wildman–Crippen LogP) is 3.36. The van der Waals surface area contributed by atoms with Crippen molar-refractivity contribution < 1.29 is 0 Å². The summed E-state index contributed by atoms with van der Waals surface area (Å²) in [6.07, 6.45) is 3.98. The summed E-state index contributed by atoms with van der Waals surface area (Å²) in [6, 6.07) is 2.34. The van der Waals surface area contributed by atoms with Gasteiger partial charge in [0.2, 0.25) is 0 Å². The fourth-order valence-electron chi connectivity index (χ4n) is 2.58. The highest BCUT2D eigenvalue weighted by molar-refractivity contribution is 4.87. The quantitative estimate of drug-likeness (QED) is 0.676. The van der Waals surface area contributed by atoms with E-state index in [1.807, 2.05) is 0 Å². The van der Waals surface area contributed by atoms with Crippen LogP contribution < -0.4 is 0 Å². The summed E-state index contributed by atoms with van der Waals surface area (Å²) in [5.74, 6) is 0. The molecule has 1 aliphatic rings. The fraction of sp³-hybridized carbons (Fsp3) is 0.929. The third-order valence-corrected chi connectivity index (χ3v) is 3.54. The molecule has 2 nitrogen and oxygen atoms in total. The molecule has 2 atom stereocenters. The second kappa shape index (κ2) is 6.02. The molecule has 0 saturated carbocycles. The van der Waals surface area contributed by atoms with Crippen molar-refractivity contribution in [3.05, 3.63) is 6.67 Å². The van der Waals surface area contributed by atoms with E-state index in [1.165, 1.54) is 19.3 Å². The molecule has 0 amide bonds. The zero-order chi connectivity index (χ0) is 12.3. The lowest BCUT2D eigenvalue weighted by atomic mass is 9.98. The van der Waals surface area contributed by atoms with E-state index >= 15 is 0 Å². The molecule has 2 radical (unpaired) electrons. The van der Waals surface area contributed by atoms with Gasteiger partial charge in [0.1, 0.15) is 6.67 Å². The Morgan fingerprint density at radius 3 is 1.81 bits per heavy atom. The summed E-state index contributed by atoms with van der Waals surface area (Å²) < 4.78 is 0. The van der Waals surface area contributed by atoms with Crippen LogP contribution in [0.5, 0.6) is 0 Å². The fourth-order valence-corrected chi connectivity index (χ4v) is 2.58. The highest BCUT2D eigenvalue weighted by Gasteiger charge is 2.28. The standard InChI is InChI=1S/C14H28N2/c1-11(2)15(12(3)4)10-16-13(5)8-7-9-14(16)6/h11-14H,7-9H2,1-6H3. The Kier molecular flexibility index (Phi) is 5.26. The molecule has 94 valence electrons. The zero-order valence-corrected chi connectivity index (χ0v) is 11.8. The molecule has 0 aromatic rings. The van der Waals surface area contributed by atoms with Crippen LogP contribution in [0.25, 0.3) is 0 Å². The number of nitrogens with zero attached hydrogens (tertiary/aromatic N) is 2. The molecule has 0 N–H and O–H groups in total. The highest BCUT2D eigenvalue weighted by atomic mass is 15.4. The van der Waals surface area contributed by atoms with Gasteiger partial charge in [-0.2, -0.15) is 0 Å². The lowest BCUT2D eigenvalue weighted by molar-refractivity contribution is 0.0597.